The molecule has 3 aromatic rings. The van der Waals surface area contributed by atoms with Gasteiger partial charge in [0.1, 0.15) is 27.5 Å². The summed E-state index contributed by atoms with van der Waals surface area (Å²) in [7, 11) is 3.44. The maximum atomic E-state index is 10.4. The number of hydrogen-bond donors (Lipinski definition) is 3. The van der Waals surface area contributed by atoms with E-state index in [1.54, 1.807) is 18.2 Å². The Morgan fingerprint density at radius 3 is 1.05 bits per heavy atom. The average molecular weight is 530 g/mol. The molecule has 0 amide bonds. The van der Waals surface area contributed by atoms with E-state index in [4.69, 9.17) is 0 Å². The van der Waals surface area contributed by atoms with E-state index < -0.39 is 5.41 Å². The first-order chi connectivity index (χ1) is 18.3. The largest absolute Gasteiger partial charge is 0.507 e. The number of benzene rings is 3. The van der Waals surface area contributed by atoms with E-state index in [2.05, 4.69) is 40.9 Å². The van der Waals surface area contributed by atoms with Gasteiger partial charge in [0.15, 0.2) is 0 Å². The lowest BCUT2D eigenvalue weighted by molar-refractivity contribution is 0.457. The summed E-state index contributed by atoms with van der Waals surface area (Å²) in [6, 6.07) is 16.5. The molecule has 0 spiro atoms. The number of nitrogens with zero attached hydrogens (tertiary/aromatic N) is 6. The van der Waals surface area contributed by atoms with Crippen LogP contribution in [0.25, 0.3) is 0 Å². The van der Waals surface area contributed by atoms with Crippen LogP contribution < -0.4 is 0 Å². The summed E-state index contributed by atoms with van der Waals surface area (Å²) in [6.45, 7) is 6.21. The first kappa shape index (κ1) is 28.6. The summed E-state index contributed by atoms with van der Waals surface area (Å²) < 4.78 is 0. The van der Waals surface area contributed by atoms with Crippen molar-refractivity contribution in [1.29, 1.82) is 0 Å². The van der Waals surface area contributed by atoms with Gasteiger partial charge in [-0.3, -0.25) is 0 Å². The van der Waals surface area contributed by atoms with E-state index in [1.165, 1.54) is 0 Å². The number of hydrogen-bond acceptors (Lipinski definition) is 9. The molecule has 3 N–H and O–H groups in total. The van der Waals surface area contributed by atoms with Crippen LogP contribution in [0.2, 0.25) is 0 Å². The fourth-order valence-electron chi connectivity index (χ4n) is 3.86. The van der Waals surface area contributed by atoms with Gasteiger partial charge in [0.2, 0.25) is 0 Å². The highest BCUT2D eigenvalue weighted by atomic mass is 28.1. The Balaban J connectivity index is 1.84. The topological polar surface area (TPSA) is 135 Å². The van der Waals surface area contributed by atoms with Gasteiger partial charge in [-0.1, -0.05) is 75.4 Å². The first-order valence-corrected chi connectivity index (χ1v) is 13.1. The minimum Gasteiger partial charge on any atom is -0.507 e. The van der Waals surface area contributed by atoms with Gasteiger partial charge in [-0.05, 0) is 36.0 Å². The van der Waals surface area contributed by atoms with Gasteiger partial charge in [0.25, 0.3) is 5.41 Å². The third-order valence-corrected chi connectivity index (χ3v) is 6.41. The fraction of sp³-hybridized carbons (Fsp3) is 0.357. The molecule has 0 bridgehead atoms. The van der Waals surface area contributed by atoms with Crippen LogP contribution in [0, 0.1) is 0 Å². The Bertz CT molecular complexity index is 1170. The van der Waals surface area contributed by atoms with Crippen molar-refractivity contribution in [2.24, 2.45) is 30.7 Å². The second kappa shape index (κ2) is 13.6. The maximum Gasteiger partial charge on any atom is 0.270 e. The molecule has 38 heavy (non-hydrogen) atoms. The van der Waals surface area contributed by atoms with Gasteiger partial charge in [-0.15, -0.1) is 15.3 Å². The lowest BCUT2D eigenvalue weighted by Crippen LogP contribution is -2.19. The molecule has 0 heterocycles. The number of azo groups is 3. The van der Waals surface area contributed by atoms with Crippen LogP contribution in [-0.2, 0) is 38.9 Å². The number of para-hydroxylation sites is 3. The molecule has 0 aromatic heterocycles. The second-order valence-electron chi connectivity index (χ2n) is 8.67. The molecular formula is C28H33N6O3Si. The fourth-order valence-corrected chi connectivity index (χ4v) is 4.07. The normalized spacial score (nSPS) is 13.6. The number of phenolic OH excluding ortho intramolecular Hbond substituents is 3. The van der Waals surface area contributed by atoms with Crippen LogP contribution in [0.15, 0.2) is 85.3 Å². The zero-order chi connectivity index (χ0) is 27.5. The zero-order valence-corrected chi connectivity index (χ0v) is 23.0. The van der Waals surface area contributed by atoms with E-state index in [9.17, 15) is 15.3 Å². The summed E-state index contributed by atoms with van der Waals surface area (Å²) in [5.41, 5.74) is 2.68. The monoisotopic (exact) mass is 529 g/mol. The van der Waals surface area contributed by atoms with Gasteiger partial charge in [0, 0.05) is 16.7 Å². The number of phenols is 3. The molecule has 3 radical (unpaired) electrons. The van der Waals surface area contributed by atoms with Gasteiger partial charge in [-0.25, -0.2) is 0 Å². The van der Waals surface area contributed by atoms with E-state index in [1.807, 2.05) is 57.2 Å². The van der Waals surface area contributed by atoms with Crippen LogP contribution in [0.4, 0.5) is 0 Å². The summed E-state index contributed by atoms with van der Waals surface area (Å²) in [6.07, 6.45) is 2.08. The third kappa shape index (κ3) is 7.31. The summed E-state index contributed by atoms with van der Waals surface area (Å²) in [5, 5.41) is 56.6. The van der Waals surface area contributed by atoms with E-state index >= 15 is 0 Å². The van der Waals surface area contributed by atoms with Crippen molar-refractivity contribution in [3.8, 4) is 17.2 Å². The highest BCUT2D eigenvalue weighted by Gasteiger charge is 2.23. The minimum atomic E-state index is -1.66. The van der Waals surface area contributed by atoms with Gasteiger partial charge in [0.05, 0.1) is 19.6 Å². The van der Waals surface area contributed by atoms with Crippen LogP contribution in [0.1, 0.15) is 54.2 Å². The highest BCUT2D eigenvalue weighted by molar-refractivity contribution is 6.14. The third-order valence-electron chi connectivity index (χ3n) is 6.11. The van der Waals surface area contributed by atoms with Crippen molar-refractivity contribution < 1.29 is 15.3 Å². The van der Waals surface area contributed by atoms with Crippen molar-refractivity contribution in [2.75, 3.05) is 0 Å². The summed E-state index contributed by atoms with van der Waals surface area (Å²) in [4.78, 5) is 0. The Morgan fingerprint density at radius 1 is 0.526 bits per heavy atom. The minimum absolute atomic E-state index is 0.107. The quantitative estimate of drug-likeness (QED) is 0.182. The molecule has 0 aliphatic rings. The molecule has 197 valence electrons. The Kier molecular flexibility index (Phi) is 10.2. The second-order valence-corrected chi connectivity index (χ2v) is 9.34. The van der Waals surface area contributed by atoms with Crippen LogP contribution in [0.3, 0.4) is 0 Å². The van der Waals surface area contributed by atoms with Crippen molar-refractivity contribution >= 4 is 10.2 Å². The molecule has 9 nitrogen and oxygen atoms in total. The first-order valence-electron chi connectivity index (χ1n) is 12.6. The molecule has 0 aliphatic heterocycles. The van der Waals surface area contributed by atoms with Crippen LogP contribution in [0.5, 0.6) is 17.2 Å². The molecule has 0 aliphatic carbocycles. The average Bonchev–Trinajstić information content (AvgIpc) is 2.91. The van der Waals surface area contributed by atoms with Crippen molar-refractivity contribution in [3.63, 3.8) is 0 Å². The zero-order valence-electron chi connectivity index (χ0n) is 22.0. The van der Waals surface area contributed by atoms with Gasteiger partial charge in [-0.2, -0.15) is 15.3 Å². The highest BCUT2D eigenvalue weighted by Crippen LogP contribution is 2.27. The molecule has 0 atom stereocenters. The molecule has 0 unspecified atom stereocenters. The smallest absolute Gasteiger partial charge is 0.270 e. The van der Waals surface area contributed by atoms with Crippen LogP contribution in [-0.4, -0.2) is 31.0 Å². The predicted molar refractivity (Wildman–Crippen MR) is 147 cm³/mol. The van der Waals surface area contributed by atoms with Crippen molar-refractivity contribution in [3.05, 3.63) is 88.0 Å². The molecule has 3 aromatic carbocycles. The van der Waals surface area contributed by atoms with Crippen molar-refractivity contribution in [1.82, 2.24) is 0 Å². The Hall–Kier alpha value is -3.92. The Labute approximate surface area is 226 Å². The Morgan fingerprint density at radius 2 is 0.789 bits per heavy atom. The van der Waals surface area contributed by atoms with Crippen LogP contribution >= 0.6 is 0 Å². The number of rotatable bonds is 12. The predicted octanol–water partition coefficient (Wildman–Crippen LogP) is 6.53. The van der Waals surface area contributed by atoms with E-state index in [-0.39, 0.29) is 36.9 Å². The molecule has 0 saturated heterocycles. The molecule has 0 saturated carbocycles. The van der Waals surface area contributed by atoms with Crippen molar-refractivity contribution in [2.45, 2.75) is 65.1 Å². The maximum absolute atomic E-state index is 10.4. The molecule has 3 rings (SSSR count). The number of aromatic hydroxyl groups is 3. The molecule has 0 fully saturated rings. The summed E-state index contributed by atoms with van der Waals surface area (Å²) >= 11 is 0. The van der Waals surface area contributed by atoms with E-state index in [0.717, 1.165) is 16.7 Å². The SMILES string of the molecule is CCc1cccc(CN=NC([Si])(N=NCc2cccc(CC)c2O)N=NCc2cccc(CC)c2O)c1O. The lowest BCUT2D eigenvalue weighted by Gasteiger charge is -2.12. The van der Waals surface area contributed by atoms with Gasteiger partial charge >= 0.3 is 0 Å². The molecular weight excluding hydrogens is 496 g/mol. The summed E-state index contributed by atoms with van der Waals surface area (Å²) in [5.74, 6) is 0.568. The van der Waals surface area contributed by atoms with Gasteiger partial charge < -0.3 is 15.3 Å². The number of aryl methyl sites for hydroxylation is 3. The molecule has 10 heteroatoms. The standard InChI is InChI=1S/C28H33N6O3Si/c1-4-19-10-7-13-22(25(19)35)16-29-32-28(38,33-30-17-23-14-8-11-20(5-2)26(23)36)34-31-18-24-15-9-12-21(6-3)27(24)37/h7-15,35-37H,4-6,16-18H2,1-3H3. The van der Waals surface area contributed by atoms with E-state index in [0.29, 0.717) is 36.0 Å². The lowest BCUT2D eigenvalue weighted by atomic mass is 10.1.